The van der Waals surface area contributed by atoms with E-state index in [2.05, 4.69) is 47.9 Å². The Balaban J connectivity index is 2.12. The number of likely N-dealkylation sites (tertiary alicyclic amines) is 1. The molecule has 1 aromatic rings. The van der Waals surface area contributed by atoms with E-state index in [1.54, 1.807) is 0 Å². The van der Waals surface area contributed by atoms with Crippen molar-refractivity contribution in [3.8, 4) is 0 Å². The van der Waals surface area contributed by atoms with Crippen LogP contribution in [-0.4, -0.2) is 34.0 Å². The van der Waals surface area contributed by atoms with Gasteiger partial charge in [-0.05, 0) is 39.0 Å². The number of nitrogens with one attached hydrogen (secondary N) is 1. The second-order valence-electron chi connectivity index (χ2n) is 6.33. The predicted molar refractivity (Wildman–Crippen MR) is 83.7 cm³/mol. The molecule has 2 heterocycles. The number of aryl methyl sites for hydroxylation is 1. The summed E-state index contributed by atoms with van der Waals surface area (Å²) in [5.74, 6) is 3.39. The molecule has 0 aromatic carbocycles. The molecule has 0 radical (unpaired) electrons. The summed E-state index contributed by atoms with van der Waals surface area (Å²) in [6.07, 6.45) is 1.33. The summed E-state index contributed by atoms with van der Waals surface area (Å²) >= 11 is 0. The van der Waals surface area contributed by atoms with Gasteiger partial charge in [-0.1, -0.05) is 13.8 Å². The Hall–Kier alpha value is -1.16. The molecule has 0 spiro atoms. The zero-order valence-electron chi connectivity index (χ0n) is 13.5. The van der Waals surface area contributed by atoms with E-state index in [0.717, 1.165) is 48.8 Å². The van der Waals surface area contributed by atoms with Crippen molar-refractivity contribution in [2.24, 2.45) is 11.8 Å². The molecule has 2 rings (SSSR count). The Morgan fingerprint density at radius 2 is 2.05 bits per heavy atom. The molecule has 20 heavy (non-hydrogen) atoms. The fourth-order valence-corrected chi connectivity index (χ4v) is 3.20. The lowest BCUT2D eigenvalue weighted by molar-refractivity contribution is 0.0706. The quantitative estimate of drug-likeness (QED) is 0.917. The molecule has 3 unspecified atom stereocenters. The van der Waals surface area contributed by atoms with Gasteiger partial charge >= 0.3 is 0 Å². The highest BCUT2D eigenvalue weighted by Gasteiger charge is 2.29. The summed E-state index contributed by atoms with van der Waals surface area (Å²) in [6.45, 7) is 14.1. The fraction of sp³-hybridized carbons (Fsp3) is 0.750. The molecule has 1 saturated heterocycles. The van der Waals surface area contributed by atoms with E-state index in [9.17, 15) is 0 Å². The third kappa shape index (κ3) is 3.69. The van der Waals surface area contributed by atoms with Crippen LogP contribution in [0.3, 0.4) is 0 Å². The van der Waals surface area contributed by atoms with E-state index in [-0.39, 0.29) is 0 Å². The van der Waals surface area contributed by atoms with E-state index < -0.39 is 0 Å². The summed E-state index contributed by atoms with van der Waals surface area (Å²) in [4.78, 5) is 11.8. The van der Waals surface area contributed by atoms with Crippen molar-refractivity contribution in [3.63, 3.8) is 0 Å². The first-order chi connectivity index (χ1) is 9.49. The number of aromatic nitrogens is 2. The van der Waals surface area contributed by atoms with Gasteiger partial charge in [-0.15, -0.1) is 0 Å². The molecule has 112 valence electrons. The first kappa shape index (κ1) is 15.2. The highest BCUT2D eigenvalue weighted by Crippen LogP contribution is 2.27. The SMILES string of the molecule is CCNc1cc(C)nc(CN2CC(C)CC(C)C2C)n1. The Morgan fingerprint density at radius 3 is 2.75 bits per heavy atom. The van der Waals surface area contributed by atoms with Crippen molar-refractivity contribution in [1.82, 2.24) is 14.9 Å². The van der Waals surface area contributed by atoms with Crippen LogP contribution in [0.5, 0.6) is 0 Å². The van der Waals surface area contributed by atoms with Gasteiger partial charge in [0.05, 0.1) is 6.54 Å². The Morgan fingerprint density at radius 1 is 1.30 bits per heavy atom. The molecule has 1 aliphatic rings. The minimum absolute atomic E-state index is 0.609. The van der Waals surface area contributed by atoms with E-state index in [1.165, 1.54) is 6.42 Å². The standard InChI is InChI=1S/C16H28N4/c1-6-17-15-8-13(4)18-16(19-15)10-20-9-11(2)7-12(3)14(20)5/h8,11-12,14H,6-7,9-10H2,1-5H3,(H,17,18,19). The van der Waals surface area contributed by atoms with Gasteiger partial charge in [0.25, 0.3) is 0 Å². The summed E-state index contributed by atoms with van der Waals surface area (Å²) in [6, 6.07) is 2.62. The van der Waals surface area contributed by atoms with Crippen LogP contribution in [0.2, 0.25) is 0 Å². The van der Waals surface area contributed by atoms with Crippen molar-refractivity contribution in [1.29, 1.82) is 0 Å². The van der Waals surface area contributed by atoms with Crippen molar-refractivity contribution in [2.45, 2.75) is 53.6 Å². The predicted octanol–water partition coefficient (Wildman–Crippen LogP) is 3.08. The molecule has 1 aromatic heterocycles. The smallest absolute Gasteiger partial charge is 0.144 e. The largest absolute Gasteiger partial charge is 0.370 e. The van der Waals surface area contributed by atoms with Gasteiger partial charge in [0.1, 0.15) is 11.6 Å². The minimum atomic E-state index is 0.609. The number of piperidine rings is 1. The third-order valence-corrected chi connectivity index (χ3v) is 4.32. The first-order valence-electron chi connectivity index (χ1n) is 7.82. The Labute approximate surface area is 123 Å². The van der Waals surface area contributed by atoms with Crippen LogP contribution in [0, 0.1) is 18.8 Å². The lowest BCUT2D eigenvalue weighted by atomic mass is 9.86. The third-order valence-electron chi connectivity index (χ3n) is 4.32. The van der Waals surface area contributed by atoms with Gasteiger partial charge in [-0.25, -0.2) is 9.97 Å². The zero-order valence-corrected chi connectivity index (χ0v) is 13.5. The molecule has 1 aliphatic heterocycles. The van der Waals surface area contributed by atoms with Gasteiger partial charge in [0, 0.05) is 30.9 Å². The summed E-state index contributed by atoms with van der Waals surface area (Å²) in [7, 11) is 0. The highest BCUT2D eigenvalue weighted by molar-refractivity contribution is 5.35. The molecular weight excluding hydrogens is 248 g/mol. The molecule has 4 nitrogen and oxygen atoms in total. The second kappa shape index (κ2) is 6.53. The average Bonchev–Trinajstić information content (AvgIpc) is 2.35. The van der Waals surface area contributed by atoms with Crippen LogP contribution in [0.15, 0.2) is 6.07 Å². The van der Waals surface area contributed by atoms with Crippen LogP contribution in [0.25, 0.3) is 0 Å². The number of nitrogens with zero attached hydrogens (tertiary/aromatic N) is 3. The summed E-state index contributed by atoms with van der Waals surface area (Å²) in [5, 5.41) is 3.29. The van der Waals surface area contributed by atoms with Crippen molar-refractivity contribution in [3.05, 3.63) is 17.6 Å². The van der Waals surface area contributed by atoms with Gasteiger partial charge in [0.15, 0.2) is 0 Å². The number of anilines is 1. The van der Waals surface area contributed by atoms with E-state index in [0.29, 0.717) is 6.04 Å². The van der Waals surface area contributed by atoms with E-state index in [1.807, 2.05) is 13.0 Å². The Bertz CT molecular complexity index is 446. The maximum absolute atomic E-state index is 4.64. The molecule has 1 fully saturated rings. The molecule has 3 atom stereocenters. The van der Waals surface area contributed by atoms with Crippen molar-refractivity contribution >= 4 is 5.82 Å². The number of rotatable bonds is 4. The van der Waals surface area contributed by atoms with Crippen LogP contribution in [0.1, 0.15) is 45.6 Å². The van der Waals surface area contributed by atoms with Gasteiger partial charge in [0.2, 0.25) is 0 Å². The lowest BCUT2D eigenvalue weighted by Crippen LogP contribution is -2.45. The molecular formula is C16H28N4. The second-order valence-corrected chi connectivity index (χ2v) is 6.33. The molecule has 1 N–H and O–H groups in total. The van der Waals surface area contributed by atoms with E-state index in [4.69, 9.17) is 0 Å². The van der Waals surface area contributed by atoms with E-state index >= 15 is 0 Å². The average molecular weight is 276 g/mol. The van der Waals surface area contributed by atoms with Gasteiger partial charge in [-0.2, -0.15) is 0 Å². The summed E-state index contributed by atoms with van der Waals surface area (Å²) < 4.78 is 0. The Kier molecular flexibility index (Phi) is 4.97. The zero-order chi connectivity index (χ0) is 14.7. The molecule has 0 bridgehead atoms. The topological polar surface area (TPSA) is 41.1 Å². The monoisotopic (exact) mass is 276 g/mol. The fourth-order valence-electron chi connectivity index (χ4n) is 3.20. The van der Waals surface area contributed by atoms with Crippen LogP contribution in [0.4, 0.5) is 5.82 Å². The highest BCUT2D eigenvalue weighted by atomic mass is 15.2. The maximum Gasteiger partial charge on any atom is 0.144 e. The molecule has 0 saturated carbocycles. The van der Waals surface area contributed by atoms with Gasteiger partial charge in [-0.3, -0.25) is 4.90 Å². The summed E-state index contributed by atoms with van der Waals surface area (Å²) in [5.41, 5.74) is 1.04. The minimum Gasteiger partial charge on any atom is -0.370 e. The molecule has 4 heteroatoms. The van der Waals surface area contributed by atoms with Crippen LogP contribution < -0.4 is 5.32 Å². The number of hydrogen-bond donors (Lipinski definition) is 1. The normalized spacial score (nSPS) is 27.6. The van der Waals surface area contributed by atoms with Crippen molar-refractivity contribution < 1.29 is 0 Å². The molecule has 0 amide bonds. The molecule has 0 aliphatic carbocycles. The maximum atomic E-state index is 4.64. The van der Waals surface area contributed by atoms with Crippen molar-refractivity contribution in [2.75, 3.05) is 18.4 Å². The lowest BCUT2D eigenvalue weighted by Gasteiger charge is -2.40. The number of hydrogen-bond acceptors (Lipinski definition) is 4. The van der Waals surface area contributed by atoms with Crippen LogP contribution >= 0.6 is 0 Å². The first-order valence-corrected chi connectivity index (χ1v) is 7.82. The van der Waals surface area contributed by atoms with Crippen LogP contribution in [-0.2, 0) is 6.54 Å². The van der Waals surface area contributed by atoms with Gasteiger partial charge < -0.3 is 5.32 Å².